The summed E-state index contributed by atoms with van der Waals surface area (Å²) in [6.45, 7) is 2.23. The average Bonchev–Trinajstić information content (AvgIpc) is 2.62. The first-order valence-corrected chi connectivity index (χ1v) is 6.23. The molecule has 0 bridgehead atoms. The summed E-state index contributed by atoms with van der Waals surface area (Å²) in [5.74, 6) is 0. The van der Waals surface area contributed by atoms with Crippen LogP contribution in [0.1, 0.15) is 18.1 Å². The fourth-order valence-electron chi connectivity index (χ4n) is 1.73. The molecule has 2 aromatic rings. The van der Waals surface area contributed by atoms with E-state index in [4.69, 9.17) is 0 Å². The van der Waals surface area contributed by atoms with Crippen LogP contribution in [-0.4, -0.2) is 5.11 Å². The average molecular weight is 271 g/mol. The van der Waals surface area contributed by atoms with Gasteiger partial charge in [0.2, 0.25) is 0 Å². The minimum atomic E-state index is 0.109. The van der Waals surface area contributed by atoms with Gasteiger partial charge in [0, 0.05) is 9.17 Å². The standard InChI is InChI=1S/C11H11BrOS/c1-2-8-9(6-13)10(12)5-7-3-4-14-11(7)8/h3-5,13H,2,6H2,1H3. The SMILES string of the molecule is CCc1c(CO)c(Br)cc2ccsc12. The van der Waals surface area contributed by atoms with Gasteiger partial charge in [-0.3, -0.25) is 0 Å². The Kier molecular flexibility index (Phi) is 2.91. The number of hydrogen-bond acceptors (Lipinski definition) is 2. The highest BCUT2D eigenvalue weighted by Gasteiger charge is 2.10. The van der Waals surface area contributed by atoms with Crippen molar-refractivity contribution in [3.05, 3.63) is 33.1 Å². The summed E-state index contributed by atoms with van der Waals surface area (Å²) in [5.41, 5.74) is 2.30. The second-order valence-corrected chi connectivity index (χ2v) is 4.94. The van der Waals surface area contributed by atoms with E-state index in [0.29, 0.717) is 0 Å². The third kappa shape index (κ3) is 1.49. The molecular weight excluding hydrogens is 260 g/mol. The Morgan fingerprint density at radius 1 is 1.43 bits per heavy atom. The van der Waals surface area contributed by atoms with E-state index >= 15 is 0 Å². The molecule has 0 amide bonds. The number of fused-ring (bicyclic) bond motifs is 1. The predicted octanol–water partition coefficient (Wildman–Crippen LogP) is 3.72. The van der Waals surface area contributed by atoms with Crippen LogP contribution in [0.3, 0.4) is 0 Å². The molecule has 14 heavy (non-hydrogen) atoms. The van der Waals surface area contributed by atoms with Crippen LogP contribution in [0.4, 0.5) is 0 Å². The molecule has 1 heterocycles. The van der Waals surface area contributed by atoms with Gasteiger partial charge in [-0.25, -0.2) is 0 Å². The number of halogens is 1. The van der Waals surface area contributed by atoms with Gasteiger partial charge in [-0.1, -0.05) is 22.9 Å². The largest absolute Gasteiger partial charge is 0.392 e. The highest BCUT2D eigenvalue weighted by Crippen LogP contribution is 2.33. The maximum Gasteiger partial charge on any atom is 0.0696 e. The van der Waals surface area contributed by atoms with Gasteiger partial charge in [-0.15, -0.1) is 11.3 Å². The number of aliphatic hydroxyl groups excluding tert-OH is 1. The highest BCUT2D eigenvalue weighted by molar-refractivity contribution is 9.10. The third-order valence-corrected chi connectivity index (χ3v) is 4.11. The molecule has 2 rings (SSSR count). The first-order valence-electron chi connectivity index (χ1n) is 4.56. The zero-order chi connectivity index (χ0) is 10.1. The monoisotopic (exact) mass is 270 g/mol. The normalized spacial score (nSPS) is 11.1. The van der Waals surface area contributed by atoms with Gasteiger partial charge in [-0.2, -0.15) is 0 Å². The lowest BCUT2D eigenvalue weighted by atomic mass is 10.0. The zero-order valence-electron chi connectivity index (χ0n) is 7.88. The van der Waals surface area contributed by atoms with Gasteiger partial charge < -0.3 is 5.11 Å². The fraction of sp³-hybridized carbons (Fsp3) is 0.273. The summed E-state index contributed by atoms with van der Waals surface area (Å²) in [6, 6.07) is 4.20. The van der Waals surface area contributed by atoms with Crippen molar-refractivity contribution in [2.75, 3.05) is 0 Å². The van der Waals surface area contributed by atoms with E-state index in [1.807, 2.05) is 0 Å². The van der Waals surface area contributed by atoms with Crippen molar-refractivity contribution in [3.8, 4) is 0 Å². The molecule has 0 radical (unpaired) electrons. The minimum absolute atomic E-state index is 0.109. The Balaban J connectivity index is 2.82. The molecule has 0 atom stereocenters. The molecule has 3 heteroatoms. The molecule has 0 saturated carbocycles. The lowest BCUT2D eigenvalue weighted by molar-refractivity contribution is 0.280. The van der Waals surface area contributed by atoms with Crippen LogP contribution in [0, 0.1) is 0 Å². The topological polar surface area (TPSA) is 20.2 Å². The molecule has 1 N–H and O–H groups in total. The van der Waals surface area contributed by atoms with Crippen LogP contribution < -0.4 is 0 Å². The van der Waals surface area contributed by atoms with Crippen molar-refractivity contribution < 1.29 is 5.11 Å². The molecule has 1 nitrogen and oxygen atoms in total. The first-order chi connectivity index (χ1) is 6.77. The third-order valence-electron chi connectivity index (χ3n) is 2.42. The van der Waals surface area contributed by atoms with Crippen molar-refractivity contribution in [2.45, 2.75) is 20.0 Å². The molecule has 0 unspecified atom stereocenters. The number of aryl methyl sites for hydroxylation is 1. The zero-order valence-corrected chi connectivity index (χ0v) is 10.3. The van der Waals surface area contributed by atoms with Crippen molar-refractivity contribution in [1.29, 1.82) is 0 Å². The Morgan fingerprint density at radius 2 is 2.21 bits per heavy atom. The summed E-state index contributed by atoms with van der Waals surface area (Å²) in [7, 11) is 0. The number of benzene rings is 1. The van der Waals surface area contributed by atoms with E-state index in [1.54, 1.807) is 11.3 Å². The summed E-state index contributed by atoms with van der Waals surface area (Å²) < 4.78 is 2.32. The maximum absolute atomic E-state index is 9.30. The molecule has 1 aromatic heterocycles. The lowest BCUT2D eigenvalue weighted by Gasteiger charge is -2.09. The smallest absolute Gasteiger partial charge is 0.0696 e. The highest BCUT2D eigenvalue weighted by atomic mass is 79.9. The van der Waals surface area contributed by atoms with Crippen molar-refractivity contribution in [2.24, 2.45) is 0 Å². The van der Waals surface area contributed by atoms with E-state index in [-0.39, 0.29) is 6.61 Å². The second kappa shape index (κ2) is 4.01. The van der Waals surface area contributed by atoms with E-state index < -0.39 is 0 Å². The van der Waals surface area contributed by atoms with Crippen LogP contribution in [-0.2, 0) is 13.0 Å². The molecule has 0 aliphatic carbocycles. The first kappa shape index (κ1) is 10.1. The molecule has 0 aliphatic heterocycles. The van der Waals surface area contributed by atoms with Gasteiger partial charge >= 0.3 is 0 Å². The van der Waals surface area contributed by atoms with Crippen LogP contribution in [0.2, 0.25) is 0 Å². The Bertz CT molecular complexity index is 462. The summed E-state index contributed by atoms with van der Waals surface area (Å²) >= 11 is 5.24. The Hall–Kier alpha value is -0.380. The Labute approximate surface area is 95.5 Å². The Morgan fingerprint density at radius 3 is 2.86 bits per heavy atom. The molecule has 1 aromatic carbocycles. The number of rotatable bonds is 2. The van der Waals surface area contributed by atoms with Gasteiger partial charge in [0.05, 0.1) is 6.61 Å². The van der Waals surface area contributed by atoms with Crippen molar-refractivity contribution in [3.63, 3.8) is 0 Å². The quantitative estimate of drug-likeness (QED) is 0.882. The minimum Gasteiger partial charge on any atom is -0.392 e. The van der Waals surface area contributed by atoms with E-state index in [0.717, 1.165) is 16.5 Å². The second-order valence-electron chi connectivity index (χ2n) is 3.17. The summed E-state index contributed by atoms with van der Waals surface area (Å²) in [5, 5.41) is 12.7. The van der Waals surface area contributed by atoms with Crippen LogP contribution >= 0.6 is 27.3 Å². The maximum atomic E-state index is 9.30. The van der Waals surface area contributed by atoms with Crippen LogP contribution in [0.15, 0.2) is 22.0 Å². The molecule has 0 saturated heterocycles. The summed E-state index contributed by atoms with van der Waals surface area (Å²) in [4.78, 5) is 0. The summed E-state index contributed by atoms with van der Waals surface area (Å²) in [6.07, 6.45) is 0.965. The predicted molar refractivity (Wildman–Crippen MR) is 64.8 cm³/mol. The number of thiophene rings is 1. The molecule has 0 fully saturated rings. The van der Waals surface area contributed by atoms with Gasteiger partial charge in [-0.05, 0) is 40.4 Å². The van der Waals surface area contributed by atoms with Gasteiger partial charge in [0.15, 0.2) is 0 Å². The van der Waals surface area contributed by atoms with Crippen LogP contribution in [0.25, 0.3) is 10.1 Å². The van der Waals surface area contributed by atoms with E-state index in [2.05, 4.69) is 40.4 Å². The van der Waals surface area contributed by atoms with Gasteiger partial charge in [0.25, 0.3) is 0 Å². The molecule has 74 valence electrons. The molecule has 0 spiro atoms. The van der Waals surface area contributed by atoms with Gasteiger partial charge in [0.1, 0.15) is 0 Å². The van der Waals surface area contributed by atoms with Crippen molar-refractivity contribution in [1.82, 2.24) is 0 Å². The van der Waals surface area contributed by atoms with E-state index in [1.165, 1.54) is 15.6 Å². The van der Waals surface area contributed by atoms with E-state index in [9.17, 15) is 5.11 Å². The van der Waals surface area contributed by atoms with Crippen LogP contribution in [0.5, 0.6) is 0 Å². The lowest BCUT2D eigenvalue weighted by Crippen LogP contribution is -1.94. The number of aliphatic hydroxyl groups is 1. The van der Waals surface area contributed by atoms with Crippen molar-refractivity contribution >= 4 is 37.4 Å². The molecular formula is C11H11BrOS. The molecule has 0 aliphatic rings. The fourth-order valence-corrected chi connectivity index (χ4v) is 3.36. The number of hydrogen-bond donors (Lipinski definition) is 1.